The monoisotopic (exact) mass is 328 g/mol. The highest BCUT2D eigenvalue weighted by Crippen LogP contribution is 2.31. The van der Waals surface area contributed by atoms with E-state index < -0.39 is 21.5 Å². The summed E-state index contributed by atoms with van der Waals surface area (Å²) >= 11 is 0. The Hall–Kier alpha value is -1.80. The summed E-state index contributed by atoms with van der Waals surface area (Å²) in [7, 11) is -1.04. The summed E-state index contributed by atoms with van der Waals surface area (Å²) < 4.78 is 36.6. The molecule has 0 atom stereocenters. The van der Waals surface area contributed by atoms with Crippen molar-refractivity contribution in [1.29, 1.82) is 0 Å². The van der Waals surface area contributed by atoms with Crippen LogP contribution >= 0.6 is 0 Å². The summed E-state index contributed by atoms with van der Waals surface area (Å²) in [6.45, 7) is 3.75. The van der Waals surface area contributed by atoms with Crippen LogP contribution in [0.25, 0.3) is 0 Å². The van der Waals surface area contributed by atoms with Gasteiger partial charge in [0.1, 0.15) is 0 Å². The first-order valence-corrected chi connectivity index (χ1v) is 8.18. The van der Waals surface area contributed by atoms with Gasteiger partial charge in [-0.25, -0.2) is 12.7 Å². The van der Waals surface area contributed by atoms with Crippen LogP contribution in [-0.4, -0.2) is 51.5 Å². The predicted octanol–water partition coefficient (Wildman–Crippen LogP) is 0.603. The average molecular weight is 328 g/mol. The van der Waals surface area contributed by atoms with Crippen molar-refractivity contribution in [2.75, 3.05) is 27.3 Å². The zero-order valence-corrected chi connectivity index (χ0v) is 13.9. The minimum atomic E-state index is -3.93. The van der Waals surface area contributed by atoms with Gasteiger partial charge in [-0.2, -0.15) is 0 Å². The second-order valence-electron chi connectivity index (χ2n) is 5.66. The molecular formula is C14H20N2O5S. The van der Waals surface area contributed by atoms with E-state index in [4.69, 9.17) is 9.47 Å². The number of carbonyl (C=O) groups is 1. The first-order valence-electron chi connectivity index (χ1n) is 6.74. The quantitative estimate of drug-likeness (QED) is 0.871. The van der Waals surface area contributed by atoms with Gasteiger partial charge < -0.3 is 14.8 Å². The Morgan fingerprint density at radius 3 is 2.41 bits per heavy atom. The van der Waals surface area contributed by atoms with Gasteiger partial charge in [0, 0.05) is 11.6 Å². The molecule has 8 heteroatoms. The Bertz CT molecular complexity index is 684. The smallest absolute Gasteiger partial charge is 0.266 e. The first-order chi connectivity index (χ1) is 10.2. The van der Waals surface area contributed by atoms with Crippen LogP contribution in [0.3, 0.4) is 0 Å². The Morgan fingerprint density at radius 1 is 1.18 bits per heavy atom. The molecule has 1 aromatic rings. The van der Waals surface area contributed by atoms with E-state index >= 15 is 0 Å². The third-order valence-electron chi connectivity index (χ3n) is 3.48. The van der Waals surface area contributed by atoms with Crippen molar-refractivity contribution in [1.82, 2.24) is 9.62 Å². The lowest BCUT2D eigenvalue weighted by molar-refractivity contribution is -0.128. The van der Waals surface area contributed by atoms with Crippen molar-refractivity contribution in [2.24, 2.45) is 0 Å². The molecule has 122 valence electrons. The Kier molecular flexibility index (Phi) is 4.35. The van der Waals surface area contributed by atoms with Crippen molar-refractivity contribution >= 4 is 15.9 Å². The molecule has 1 saturated heterocycles. The number of ether oxygens (including phenoxy) is 2. The van der Waals surface area contributed by atoms with E-state index in [1.54, 1.807) is 0 Å². The van der Waals surface area contributed by atoms with E-state index in [9.17, 15) is 13.2 Å². The molecule has 0 spiro atoms. The van der Waals surface area contributed by atoms with Gasteiger partial charge >= 0.3 is 0 Å². The minimum Gasteiger partial charge on any atom is -0.493 e. The standard InChI is InChI=1S/C14H20N2O5S/c1-14(2)9-16(13(17)8-15-14)22(18,19)10-5-6-11(20-3)12(7-10)21-4/h5-7,15H,8-9H2,1-4H3. The molecule has 0 aromatic heterocycles. The van der Waals surface area contributed by atoms with Crippen molar-refractivity contribution in [3.8, 4) is 11.5 Å². The van der Waals surface area contributed by atoms with Crippen LogP contribution in [0.5, 0.6) is 11.5 Å². The molecule has 0 aliphatic carbocycles. The third kappa shape index (κ3) is 3.02. The summed E-state index contributed by atoms with van der Waals surface area (Å²) in [5.74, 6) is 0.243. The average Bonchev–Trinajstić information content (AvgIpc) is 2.48. The molecule has 0 radical (unpaired) electrons. The largest absolute Gasteiger partial charge is 0.493 e. The second kappa shape index (κ2) is 5.77. The van der Waals surface area contributed by atoms with E-state index in [1.807, 2.05) is 13.8 Å². The maximum atomic E-state index is 12.7. The maximum Gasteiger partial charge on any atom is 0.266 e. The van der Waals surface area contributed by atoms with Crippen LogP contribution in [0.15, 0.2) is 23.1 Å². The number of nitrogens with one attached hydrogen (secondary N) is 1. The molecule has 1 aliphatic heterocycles. The van der Waals surface area contributed by atoms with E-state index in [1.165, 1.54) is 32.4 Å². The van der Waals surface area contributed by atoms with Crippen molar-refractivity contribution in [3.05, 3.63) is 18.2 Å². The van der Waals surface area contributed by atoms with Gasteiger partial charge in [-0.3, -0.25) is 4.79 Å². The van der Waals surface area contributed by atoms with Gasteiger partial charge in [-0.15, -0.1) is 0 Å². The van der Waals surface area contributed by atoms with Gasteiger partial charge in [0.25, 0.3) is 10.0 Å². The number of sulfonamides is 1. The van der Waals surface area contributed by atoms with Crippen molar-refractivity contribution in [3.63, 3.8) is 0 Å². The lowest BCUT2D eigenvalue weighted by Crippen LogP contribution is -2.60. The molecule has 0 unspecified atom stereocenters. The molecule has 1 aliphatic rings. The second-order valence-corrected chi connectivity index (χ2v) is 7.52. The van der Waals surface area contributed by atoms with Crippen LogP contribution in [0, 0.1) is 0 Å². The lowest BCUT2D eigenvalue weighted by Gasteiger charge is -2.37. The third-order valence-corrected chi connectivity index (χ3v) is 5.24. The topological polar surface area (TPSA) is 84.9 Å². The number of hydrogen-bond donors (Lipinski definition) is 1. The zero-order chi connectivity index (χ0) is 16.5. The fourth-order valence-electron chi connectivity index (χ4n) is 2.23. The number of rotatable bonds is 4. The Balaban J connectivity index is 2.43. The molecule has 0 saturated carbocycles. The first kappa shape index (κ1) is 16.6. The number of benzene rings is 1. The van der Waals surface area contributed by atoms with Crippen LogP contribution in [0.1, 0.15) is 13.8 Å². The molecule has 1 heterocycles. The van der Waals surface area contributed by atoms with E-state index in [2.05, 4.69) is 5.32 Å². The Labute approximate surface area is 130 Å². The number of nitrogens with zero attached hydrogens (tertiary/aromatic N) is 1. The zero-order valence-electron chi connectivity index (χ0n) is 13.0. The Morgan fingerprint density at radius 2 is 1.82 bits per heavy atom. The molecule has 1 N–H and O–H groups in total. The predicted molar refractivity (Wildman–Crippen MR) is 80.5 cm³/mol. The van der Waals surface area contributed by atoms with Crippen LogP contribution < -0.4 is 14.8 Å². The number of piperazine rings is 1. The SMILES string of the molecule is COc1ccc(S(=O)(=O)N2CC(C)(C)NCC2=O)cc1OC. The van der Waals surface area contributed by atoms with Gasteiger partial charge in [0.05, 0.1) is 32.2 Å². The number of hydrogen-bond acceptors (Lipinski definition) is 6. The van der Waals surface area contributed by atoms with Crippen LogP contribution in [-0.2, 0) is 14.8 Å². The summed E-state index contributed by atoms with van der Waals surface area (Å²) in [5, 5.41) is 3.00. The van der Waals surface area contributed by atoms with Gasteiger partial charge in [0.15, 0.2) is 11.5 Å². The molecule has 1 amide bonds. The number of carbonyl (C=O) groups excluding carboxylic acids is 1. The van der Waals surface area contributed by atoms with Crippen molar-refractivity contribution in [2.45, 2.75) is 24.3 Å². The molecular weight excluding hydrogens is 308 g/mol. The minimum absolute atomic E-state index is 0.00352. The number of amides is 1. The van der Waals surface area contributed by atoms with Gasteiger partial charge in [-0.05, 0) is 26.0 Å². The van der Waals surface area contributed by atoms with Crippen LogP contribution in [0.4, 0.5) is 0 Å². The normalized spacial score (nSPS) is 18.2. The summed E-state index contributed by atoms with van der Waals surface area (Å²) in [6.07, 6.45) is 0. The van der Waals surface area contributed by atoms with E-state index in [0.29, 0.717) is 11.5 Å². The van der Waals surface area contributed by atoms with E-state index in [0.717, 1.165) is 4.31 Å². The molecule has 7 nitrogen and oxygen atoms in total. The molecule has 22 heavy (non-hydrogen) atoms. The van der Waals surface area contributed by atoms with Crippen molar-refractivity contribution < 1.29 is 22.7 Å². The molecule has 1 fully saturated rings. The fraction of sp³-hybridized carbons (Fsp3) is 0.500. The summed E-state index contributed by atoms with van der Waals surface area (Å²) in [6, 6.07) is 4.26. The maximum absolute atomic E-state index is 12.7. The highest BCUT2D eigenvalue weighted by atomic mass is 32.2. The molecule has 2 rings (SSSR count). The highest BCUT2D eigenvalue weighted by Gasteiger charge is 2.38. The lowest BCUT2D eigenvalue weighted by atomic mass is 10.0. The summed E-state index contributed by atoms with van der Waals surface area (Å²) in [5.41, 5.74) is -0.475. The summed E-state index contributed by atoms with van der Waals surface area (Å²) in [4.78, 5) is 12.0. The molecule has 1 aromatic carbocycles. The van der Waals surface area contributed by atoms with Gasteiger partial charge in [-0.1, -0.05) is 0 Å². The molecule has 0 bridgehead atoms. The van der Waals surface area contributed by atoms with Crippen LogP contribution in [0.2, 0.25) is 0 Å². The highest BCUT2D eigenvalue weighted by molar-refractivity contribution is 7.89. The van der Waals surface area contributed by atoms with E-state index in [-0.39, 0.29) is 18.0 Å². The van der Waals surface area contributed by atoms with Gasteiger partial charge in [0.2, 0.25) is 5.91 Å². The fourth-order valence-corrected chi connectivity index (χ4v) is 3.81. The number of methoxy groups -OCH3 is 2.